The van der Waals surface area contributed by atoms with Gasteiger partial charge < -0.3 is 28.9 Å². The smallest absolute Gasteiger partial charge is 0.387 e. The SMILES string of the molecule is C#CCBr.C#CCOCCCBr.C#CCOCCCC(C#N)C(=O)OC(C)(C)C.OCCCBr.[C-]#[N+]CC(=O)OC(C)(C)C. The van der Waals surface area contributed by atoms with E-state index in [1.165, 1.54) is 0 Å². The molecule has 9 nitrogen and oxygen atoms in total. The van der Waals surface area contributed by atoms with Crippen LogP contribution in [0.3, 0.4) is 0 Å². The first-order chi connectivity index (χ1) is 20.6. The van der Waals surface area contributed by atoms with E-state index in [-0.39, 0.29) is 13.2 Å². The van der Waals surface area contributed by atoms with Gasteiger partial charge in [-0.2, -0.15) is 5.26 Å². The van der Waals surface area contributed by atoms with E-state index in [1.54, 1.807) is 41.5 Å². The first-order valence-electron chi connectivity index (χ1n) is 13.5. The van der Waals surface area contributed by atoms with Gasteiger partial charge in [0.1, 0.15) is 30.3 Å². The molecule has 0 aliphatic rings. The number of aliphatic hydroxyl groups excluding tert-OH is 1. The lowest BCUT2D eigenvalue weighted by Gasteiger charge is -2.21. The highest BCUT2D eigenvalue weighted by atomic mass is 79.9. The van der Waals surface area contributed by atoms with Crippen molar-refractivity contribution < 1.29 is 33.6 Å². The van der Waals surface area contributed by atoms with Crippen LogP contribution in [0.1, 0.15) is 67.2 Å². The average Bonchev–Trinajstić information content (AvgIpc) is 2.93. The number of nitriles is 1. The van der Waals surface area contributed by atoms with Gasteiger partial charge in [-0.05, 0) is 67.2 Å². The highest BCUT2D eigenvalue weighted by molar-refractivity contribution is 9.09. The fourth-order valence-corrected chi connectivity index (χ4v) is 2.39. The number of esters is 2. The van der Waals surface area contributed by atoms with E-state index < -0.39 is 29.1 Å². The van der Waals surface area contributed by atoms with Crippen molar-refractivity contribution in [3.8, 4) is 43.1 Å². The summed E-state index contributed by atoms with van der Waals surface area (Å²) in [4.78, 5) is 25.1. The summed E-state index contributed by atoms with van der Waals surface area (Å²) in [5.74, 6) is 5.42. The van der Waals surface area contributed by atoms with Crippen LogP contribution in [0.5, 0.6) is 0 Å². The Bertz CT molecular complexity index is 896. The summed E-state index contributed by atoms with van der Waals surface area (Å²) in [6.45, 7) is 19.0. The van der Waals surface area contributed by atoms with E-state index in [9.17, 15) is 9.59 Å². The molecule has 0 aromatic heterocycles. The molecule has 0 aromatic carbocycles. The molecule has 1 atom stereocenters. The summed E-state index contributed by atoms with van der Waals surface area (Å²) < 4.78 is 20.0. The Kier molecular flexibility index (Phi) is 45.6. The fraction of sp³-hybridized carbons (Fsp3) is 0.688. The molecular weight excluding hydrogens is 764 g/mol. The van der Waals surface area contributed by atoms with Gasteiger partial charge in [0.05, 0.1) is 11.4 Å². The third-order valence-electron chi connectivity index (χ3n) is 3.42. The summed E-state index contributed by atoms with van der Waals surface area (Å²) in [5, 5.41) is 19.5. The summed E-state index contributed by atoms with van der Waals surface area (Å²) in [6, 6.07) is 1.94. The zero-order chi connectivity index (χ0) is 35.3. The predicted octanol–water partition coefficient (Wildman–Crippen LogP) is 6.34. The predicted molar refractivity (Wildman–Crippen MR) is 187 cm³/mol. The number of rotatable bonds is 13. The Morgan fingerprint density at radius 2 is 1.32 bits per heavy atom. The van der Waals surface area contributed by atoms with E-state index in [2.05, 4.69) is 70.4 Å². The first-order valence-corrected chi connectivity index (χ1v) is 16.9. The third kappa shape index (κ3) is 59.3. The van der Waals surface area contributed by atoms with Crippen molar-refractivity contribution in [2.75, 3.05) is 55.6 Å². The highest BCUT2D eigenvalue weighted by Crippen LogP contribution is 2.14. The Morgan fingerprint density at radius 1 is 0.864 bits per heavy atom. The van der Waals surface area contributed by atoms with Gasteiger partial charge in [-0.15, -0.1) is 19.3 Å². The second kappa shape index (κ2) is 38.9. The number of alkyl halides is 3. The van der Waals surface area contributed by atoms with Crippen LogP contribution in [0.2, 0.25) is 0 Å². The molecule has 0 saturated carbocycles. The largest absolute Gasteiger partial charge is 0.459 e. The lowest BCUT2D eigenvalue weighted by molar-refractivity contribution is -0.158. The van der Waals surface area contributed by atoms with Gasteiger partial charge in [0.25, 0.3) is 0 Å². The number of carbonyl (C=O) groups is 2. The number of nitrogens with zero attached hydrogens (tertiary/aromatic N) is 2. The minimum atomic E-state index is -0.733. The number of terminal acetylenes is 3. The monoisotopic (exact) mass is 810 g/mol. The Balaban J connectivity index is -0.000000160. The fourth-order valence-electron chi connectivity index (χ4n) is 1.91. The lowest BCUT2D eigenvalue weighted by atomic mass is 10.1. The van der Waals surface area contributed by atoms with Crippen molar-refractivity contribution in [3.63, 3.8) is 0 Å². The molecule has 0 aromatic rings. The van der Waals surface area contributed by atoms with E-state index in [0.29, 0.717) is 38.0 Å². The molecule has 12 heteroatoms. The average molecular weight is 813 g/mol. The number of carbonyl (C=O) groups excluding carboxylic acids is 2. The van der Waals surface area contributed by atoms with Crippen LogP contribution in [-0.4, -0.2) is 83.8 Å². The van der Waals surface area contributed by atoms with Crippen LogP contribution >= 0.6 is 47.8 Å². The molecule has 0 amide bonds. The van der Waals surface area contributed by atoms with Crippen LogP contribution in [0, 0.1) is 60.9 Å². The molecule has 0 heterocycles. The molecule has 44 heavy (non-hydrogen) atoms. The number of hydrogen-bond donors (Lipinski definition) is 1. The quantitative estimate of drug-likeness (QED) is 0.0753. The van der Waals surface area contributed by atoms with Gasteiger partial charge in [-0.25, -0.2) is 11.4 Å². The number of aliphatic hydroxyl groups is 1. The van der Waals surface area contributed by atoms with Crippen LogP contribution in [0.25, 0.3) is 4.85 Å². The van der Waals surface area contributed by atoms with Crippen LogP contribution in [0.15, 0.2) is 0 Å². The maximum atomic E-state index is 11.6. The second-order valence-corrected chi connectivity index (χ2v) is 12.1. The summed E-state index contributed by atoms with van der Waals surface area (Å²) >= 11 is 9.43. The maximum absolute atomic E-state index is 11.6. The van der Waals surface area contributed by atoms with Crippen molar-refractivity contribution in [2.24, 2.45) is 5.92 Å². The number of halogens is 3. The minimum Gasteiger partial charge on any atom is -0.459 e. The van der Waals surface area contributed by atoms with Gasteiger partial charge in [-0.3, -0.25) is 4.79 Å². The molecule has 0 radical (unpaired) electrons. The molecule has 250 valence electrons. The molecule has 1 N–H and O–H groups in total. The molecule has 0 saturated heterocycles. The van der Waals surface area contributed by atoms with Crippen LogP contribution in [-0.2, 0) is 28.5 Å². The van der Waals surface area contributed by atoms with Gasteiger partial charge in [0.2, 0.25) is 0 Å². The molecule has 0 aliphatic carbocycles. The lowest BCUT2D eigenvalue weighted by Crippen LogP contribution is -2.28. The molecule has 0 bridgehead atoms. The van der Waals surface area contributed by atoms with Crippen molar-refractivity contribution in [1.29, 1.82) is 5.26 Å². The van der Waals surface area contributed by atoms with Gasteiger partial charge in [0, 0.05) is 30.5 Å². The van der Waals surface area contributed by atoms with Crippen molar-refractivity contribution >= 4 is 59.7 Å². The molecule has 0 rings (SSSR count). The maximum Gasteiger partial charge on any atom is 0.387 e. The Labute approximate surface area is 291 Å². The van der Waals surface area contributed by atoms with E-state index >= 15 is 0 Å². The summed E-state index contributed by atoms with van der Waals surface area (Å²) in [5.41, 5.74) is -1.03. The van der Waals surface area contributed by atoms with Crippen LogP contribution in [0.4, 0.5) is 0 Å². The minimum absolute atomic E-state index is 0.183. The van der Waals surface area contributed by atoms with Crippen molar-refractivity contribution in [3.05, 3.63) is 11.4 Å². The standard InChI is InChI=1S/C13H19NO3.C7H11NO2.C6H9BrO.C3H7BrO.C3H3Br/c1-5-8-16-9-6-7-11(10-14)12(15)17-13(2,3)4;1-7(2,3)10-6(9)5-8-4;1-2-5-8-6-3-4-7;4-2-1-3-5;1-2-3-4/h1,11H,6-9H2,2-4H3;5H2,1-3H3;1H,3-6H2;5H,1-3H2;1H,3H2. The van der Waals surface area contributed by atoms with Gasteiger partial charge >= 0.3 is 18.5 Å². The first kappa shape index (κ1) is 51.5. The van der Waals surface area contributed by atoms with Gasteiger partial charge in [-0.1, -0.05) is 65.6 Å². The summed E-state index contributed by atoms with van der Waals surface area (Å²) in [7, 11) is 0. The zero-order valence-corrected chi connectivity index (χ0v) is 31.7. The van der Waals surface area contributed by atoms with E-state index in [0.717, 1.165) is 30.1 Å². The Morgan fingerprint density at radius 3 is 1.61 bits per heavy atom. The van der Waals surface area contributed by atoms with Crippen molar-refractivity contribution in [1.82, 2.24) is 0 Å². The normalized spacial score (nSPS) is 10.0. The molecule has 0 spiro atoms. The van der Waals surface area contributed by atoms with E-state index in [1.807, 2.05) is 6.07 Å². The van der Waals surface area contributed by atoms with E-state index in [4.69, 9.17) is 55.2 Å². The number of hydrogen-bond acceptors (Lipinski definition) is 8. The molecule has 1 unspecified atom stereocenters. The number of ether oxygens (including phenoxy) is 4. The topological polar surface area (TPSA) is 119 Å². The summed E-state index contributed by atoms with van der Waals surface area (Å²) in [6.07, 6.45) is 17.6. The molecule has 0 fully saturated rings. The van der Waals surface area contributed by atoms with Gasteiger partial charge in [0.15, 0.2) is 0 Å². The Hall–Kier alpha value is -2.08. The molecule has 0 aliphatic heterocycles. The molecular formula is C32H49Br3N2O7. The highest BCUT2D eigenvalue weighted by Gasteiger charge is 2.24. The third-order valence-corrected chi connectivity index (χ3v) is 4.86. The second-order valence-electron chi connectivity index (χ2n) is 9.92. The van der Waals surface area contributed by atoms with Crippen LogP contribution < -0.4 is 0 Å². The zero-order valence-electron chi connectivity index (χ0n) is 26.9. The van der Waals surface area contributed by atoms with Crippen molar-refractivity contribution in [2.45, 2.75) is 78.4 Å².